The third kappa shape index (κ3) is 4.04. The molecular formula is C22H29N9O2. The first-order valence-electron chi connectivity index (χ1n) is 11.3. The summed E-state index contributed by atoms with van der Waals surface area (Å²) < 4.78 is 0. The zero-order chi connectivity index (χ0) is 23.1. The van der Waals surface area contributed by atoms with Crippen LogP contribution in [0.4, 0.5) is 16.6 Å². The molecule has 174 valence electrons. The molecule has 0 radical (unpaired) electrons. The summed E-state index contributed by atoms with van der Waals surface area (Å²) >= 11 is 0. The summed E-state index contributed by atoms with van der Waals surface area (Å²) in [6.45, 7) is 9.81. The van der Waals surface area contributed by atoms with Crippen molar-refractivity contribution in [3.05, 3.63) is 24.5 Å². The Morgan fingerprint density at radius 3 is 2.55 bits per heavy atom. The van der Waals surface area contributed by atoms with E-state index >= 15 is 0 Å². The molecule has 3 atom stereocenters. The number of carboxylic acid groups (broad SMARTS) is 1. The summed E-state index contributed by atoms with van der Waals surface area (Å²) in [4.78, 5) is 31.3. The lowest BCUT2D eigenvalue weighted by atomic mass is 10.1. The second-order valence-electron chi connectivity index (χ2n) is 9.00. The van der Waals surface area contributed by atoms with E-state index in [0.29, 0.717) is 25.1 Å². The lowest BCUT2D eigenvalue weighted by Gasteiger charge is -2.43. The predicted molar refractivity (Wildman–Crippen MR) is 126 cm³/mol. The van der Waals surface area contributed by atoms with Crippen LogP contribution >= 0.6 is 0 Å². The number of fused-ring (bicyclic) bond motifs is 1. The van der Waals surface area contributed by atoms with E-state index in [-0.39, 0.29) is 12.1 Å². The molecule has 0 saturated carbocycles. The third-order valence-electron chi connectivity index (χ3n) is 6.42. The lowest BCUT2D eigenvalue weighted by molar-refractivity contribution is 0.128. The average molecular weight is 452 g/mol. The van der Waals surface area contributed by atoms with Gasteiger partial charge in [-0.25, -0.2) is 19.7 Å². The SMILES string of the molecule is CC1CN(c2ccc(-c3n[nH]c4cnc(N5[C@H](C)CN(C(=O)O)C[C@@H]5C)nc34)cn2)CCN1. The van der Waals surface area contributed by atoms with Crippen molar-refractivity contribution in [3.63, 3.8) is 0 Å². The van der Waals surface area contributed by atoms with E-state index in [9.17, 15) is 9.90 Å². The molecule has 1 unspecified atom stereocenters. The molecular weight excluding hydrogens is 422 g/mol. The maximum Gasteiger partial charge on any atom is 0.407 e. The molecule has 3 N–H and O–H groups in total. The highest BCUT2D eigenvalue weighted by Gasteiger charge is 2.33. The number of anilines is 2. The first-order chi connectivity index (χ1) is 15.9. The Hall–Kier alpha value is -3.47. The first kappa shape index (κ1) is 21.4. The number of H-pyrrole nitrogens is 1. The van der Waals surface area contributed by atoms with Crippen molar-refractivity contribution in [2.24, 2.45) is 0 Å². The Morgan fingerprint density at radius 1 is 1.09 bits per heavy atom. The second-order valence-corrected chi connectivity index (χ2v) is 9.00. The Bertz CT molecular complexity index is 1140. The number of pyridine rings is 1. The van der Waals surface area contributed by atoms with Crippen molar-refractivity contribution in [2.45, 2.75) is 38.9 Å². The number of hydrogen-bond donors (Lipinski definition) is 3. The summed E-state index contributed by atoms with van der Waals surface area (Å²) in [5.74, 6) is 1.54. The Balaban J connectivity index is 1.42. The van der Waals surface area contributed by atoms with Crippen LogP contribution in [0.1, 0.15) is 20.8 Å². The maximum absolute atomic E-state index is 11.4. The highest BCUT2D eigenvalue weighted by molar-refractivity contribution is 5.89. The van der Waals surface area contributed by atoms with Crippen molar-refractivity contribution in [1.29, 1.82) is 0 Å². The van der Waals surface area contributed by atoms with Gasteiger partial charge in [0.05, 0.1) is 6.20 Å². The molecule has 11 heteroatoms. The van der Waals surface area contributed by atoms with Gasteiger partial charge in [-0.1, -0.05) is 0 Å². The fourth-order valence-corrected chi connectivity index (χ4v) is 4.86. The molecule has 1 amide bonds. The normalized spacial score (nSPS) is 23.8. The quantitative estimate of drug-likeness (QED) is 0.546. The third-order valence-corrected chi connectivity index (χ3v) is 6.42. The number of carbonyl (C=O) groups is 1. The molecule has 2 aliphatic heterocycles. The lowest BCUT2D eigenvalue weighted by Crippen LogP contribution is -2.58. The molecule has 11 nitrogen and oxygen atoms in total. The zero-order valence-corrected chi connectivity index (χ0v) is 19.1. The summed E-state index contributed by atoms with van der Waals surface area (Å²) in [6.07, 6.45) is 2.69. The summed E-state index contributed by atoms with van der Waals surface area (Å²) in [5, 5.41) is 20.3. The van der Waals surface area contributed by atoms with Crippen molar-refractivity contribution in [2.75, 3.05) is 42.5 Å². The number of hydrogen-bond acceptors (Lipinski definition) is 8. The Kier molecular flexibility index (Phi) is 5.49. The second kappa shape index (κ2) is 8.47. The number of nitrogens with one attached hydrogen (secondary N) is 2. The van der Waals surface area contributed by atoms with Gasteiger partial charge in [-0.15, -0.1) is 0 Å². The molecule has 3 aromatic rings. The zero-order valence-electron chi connectivity index (χ0n) is 19.1. The van der Waals surface area contributed by atoms with Gasteiger partial charge < -0.3 is 25.1 Å². The van der Waals surface area contributed by atoms with E-state index in [1.807, 2.05) is 32.2 Å². The van der Waals surface area contributed by atoms with E-state index in [1.165, 1.54) is 4.90 Å². The summed E-state index contributed by atoms with van der Waals surface area (Å²) in [7, 11) is 0. The minimum atomic E-state index is -0.895. The van der Waals surface area contributed by atoms with Crippen molar-refractivity contribution in [3.8, 4) is 11.3 Å². The number of rotatable bonds is 3. The monoisotopic (exact) mass is 451 g/mol. The van der Waals surface area contributed by atoms with Gasteiger partial charge in [-0.05, 0) is 32.9 Å². The van der Waals surface area contributed by atoms with Gasteiger partial charge in [-0.2, -0.15) is 5.10 Å². The molecule has 3 aromatic heterocycles. The Morgan fingerprint density at radius 2 is 1.88 bits per heavy atom. The molecule has 2 saturated heterocycles. The van der Waals surface area contributed by atoms with Crippen molar-refractivity contribution >= 4 is 28.9 Å². The standard InChI is InChI=1S/C22H29N9O2/c1-13-10-29(7-6-23-13)18-5-4-16(8-24-18)19-20-17(27-28-19)9-25-21(26-20)31-14(2)11-30(22(32)33)12-15(31)3/h4-5,8-9,13-15,23H,6-7,10-12H2,1-3H3,(H,27,28)(H,32,33)/t13?,14-,15+. The fourth-order valence-electron chi connectivity index (χ4n) is 4.86. The van der Waals surface area contributed by atoms with Gasteiger partial charge in [0.15, 0.2) is 0 Å². The van der Waals surface area contributed by atoms with Crippen LogP contribution in [0.15, 0.2) is 24.5 Å². The average Bonchev–Trinajstić information content (AvgIpc) is 3.22. The van der Waals surface area contributed by atoms with E-state index in [4.69, 9.17) is 9.97 Å². The van der Waals surface area contributed by atoms with Crippen LogP contribution in [0.25, 0.3) is 22.3 Å². The molecule has 5 heterocycles. The van der Waals surface area contributed by atoms with Crippen LogP contribution in [0, 0.1) is 0 Å². The van der Waals surface area contributed by atoms with Gasteiger partial charge in [0.25, 0.3) is 0 Å². The van der Waals surface area contributed by atoms with Gasteiger partial charge in [0, 0.05) is 62.6 Å². The smallest absolute Gasteiger partial charge is 0.407 e. The molecule has 0 bridgehead atoms. The van der Waals surface area contributed by atoms with Gasteiger partial charge in [0.1, 0.15) is 22.5 Å². The molecule has 5 rings (SSSR count). The van der Waals surface area contributed by atoms with Gasteiger partial charge >= 0.3 is 6.09 Å². The minimum Gasteiger partial charge on any atom is -0.465 e. The van der Waals surface area contributed by atoms with Crippen LogP contribution in [-0.4, -0.2) is 92.1 Å². The number of amides is 1. The molecule has 33 heavy (non-hydrogen) atoms. The fraction of sp³-hybridized carbons (Fsp3) is 0.500. The van der Waals surface area contributed by atoms with Gasteiger partial charge in [-0.3, -0.25) is 5.10 Å². The van der Waals surface area contributed by atoms with Crippen molar-refractivity contribution in [1.82, 2.24) is 35.4 Å². The number of aromatic amines is 1. The highest BCUT2D eigenvalue weighted by Crippen LogP contribution is 2.28. The highest BCUT2D eigenvalue weighted by atomic mass is 16.4. The Labute approximate surface area is 191 Å². The number of nitrogens with zero attached hydrogens (tertiary/aromatic N) is 7. The van der Waals surface area contributed by atoms with Crippen LogP contribution < -0.4 is 15.1 Å². The van der Waals surface area contributed by atoms with Crippen LogP contribution in [0.2, 0.25) is 0 Å². The van der Waals surface area contributed by atoms with E-state index in [0.717, 1.165) is 47.7 Å². The minimum absolute atomic E-state index is 0.0416. The van der Waals surface area contributed by atoms with E-state index in [1.54, 1.807) is 6.20 Å². The molecule has 0 spiro atoms. The predicted octanol–water partition coefficient (Wildman–Crippen LogP) is 1.79. The van der Waals surface area contributed by atoms with Crippen LogP contribution in [0.3, 0.4) is 0 Å². The number of piperazine rings is 2. The van der Waals surface area contributed by atoms with Gasteiger partial charge in [0.2, 0.25) is 5.95 Å². The van der Waals surface area contributed by atoms with Crippen LogP contribution in [0.5, 0.6) is 0 Å². The number of aromatic nitrogens is 5. The van der Waals surface area contributed by atoms with E-state index < -0.39 is 6.09 Å². The van der Waals surface area contributed by atoms with Crippen molar-refractivity contribution < 1.29 is 9.90 Å². The van der Waals surface area contributed by atoms with Crippen LogP contribution in [-0.2, 0) is 0 Å². The molecule has 2 aliphatic rings. The van der Waals surface area contributed by atoms with E-state index in [2.05, 4.69) is 37.2 Å². The first-order valence-corrected chi connectivity index (χ1v) is 11.3. The largest absolute Gasteiger partial charge is 0.465 e. The molecule has 2 fully saturated rings. The summed E-state index contributed by atoms with van der Waals surface area (Å²) in [6, 6.07) is 4.42. The molecule has 0 aliphatic carbocycles. The molecule has 0 aromatic carbocycles. The maximum atomic E-state index is 11.4. The topological polar surface area (TPSA) is 126 Å². The summed E-state index contributed by atoms with van der Waals surface area (Å²) in [5.41, 5.74) is 3.09.